The molecule has 1 aromatic rings. The first-order valence-electron chi connectivity index (χ1n) is 5.95. The first-order valence-corrected chi connectivity index (χ1v) is 7.17. The predicted molar refractivity (Wildman–Crippen MR) is 78.8 cm³/mol. The molecule has 2 N–H and O–H groups in total. The van der Waals surface area contributed by atoms with Gasteiger partial charge in [-0.3, -0.25) is 4.79 Å². The molecule has 3 nitrogen and oxygen atoms in total. The van der Waals surface area contributed by atoms with Gasteiger partial charge in [-0.1, -0.05) is 0 Å². The van der Waals surface area contributed by atoms with Gasteiger partial charge in [-0.2, -0.15) is 0 Å². The maximum absolute atomic E-state index is 12.0. The van der Waals surface area contributed by atoms with Gasteiger partial charge < -0.3 is 10.6 Å². The highest BCUT2D eigenvalue weighted by Crippen LogP contribution is 2.15. The van der Waals surface area contributed by atoms with Crippen LogP contribution in [-0.2, 0) is 0 Å². The molecule has 100 valence electrons. The average Bonchev–Trinajstić information content (AvgIpc) is 2.40. The van der Waals surface area contributed by atoms with Crippen molar-refractivity contribution in [3.8, 4) is 0 Å². The summed E-state index contributed by atoms with van der Waals surface area (Å²) >= 11 is 1.68. The Balaban J connectivity index is 0.00000162. The maximum atomic E-state index is 12.0. The molecule has 1 fully saturated rings. The Bertz CT molecular complexity index is 377. The molecule has 0 saturated carbocycles. The average molecular weight is 287 g/mol. The summed E-state index contributed by atoms with van der Waals surface area (Å²) in [5.41, 5.74) is 0.744. The van der Waals surface area contributed by atoms with Crippen LogP contribution in [0.3, 0.4) is 0 Å². The van der Waals surface area contributed by atoms with E-state index in [-0.39, 0.29) is 24.4 Å². The van der Waals surface area contributed by atoms with Crippen molar-refractivity contribution in [3.63, 3.8) is 0 Å². The summed E-state index contributed by atoms with van der Waals surface area (Å²) in [7, 11) is 0. The lowest BCUT2D eigenvalue weighted by Gasteiger charge is -2.23. The Labute approximate surface area is 119 Å². The molecule has 0 bridgehead atoms. The van der Waals surface area contributed by atoms with E-state index in [1.807, 2.05) is 30.5 Å². The number of hydrogen-bond acceptors (Lipinski definition) is 3. The zero-order valence-corrected chi connectivity index (χ0v) is 12.1. The molecule has 0 spiro atoms. The summed E-state index contributed by atoms with van der Waals surface area (Å²) in [5.74, 6) is 0.0337. The molecule has 0 aromatic heterocycles. The van der Waals surface area contributed by atoms with Crippen LogP contribution in [0.5, 0.6) is 0 Å². The number of halogens is 1. The molecule has 1 aliphatic rings. The van der Waals surface area contributed by atoms with Gasteiger partial charge in [0.15, 0.2) is 0 Å². The second-order valence-electron chi connectivity index (χ2n) is 4.25. The molecule has 1 aromatic carbocycles. The molecule has 5 heteroatoms. The predicted octanol–water partition coefficient (Wildman–Crippen LogP) is 2.31. The van der Waals surface area contributed by atoms with Crippen LogP contribution in [0.4, 0.5) is 0 Å². The minimum Gasteiger partial charge on any atom is -0.348 e. The fourth-order valence-electron chi connectivity index (χ4n) is 1.99. The van der Waals surface area contributed by atoms with E-state index in [1.165, 1.54) is 4.90 Å². The van der Waals surface area contributed by atoms with Crippen LogP contribution in [0.1, 0.15) is 23.2 Å². The topological polar surface area (TPSA) is 41.1 Å². The van der Waals surface area contributed by atoms with Crippen molar-refractivity contribution in [1.29, 1.82) is 0 Å². The van der Waals surface area contributed by atoms with E-state index in [4.69, 9.17) is 0 Å². The van der Waals surface area contributed by atoms with Crippen molar-refractivity contribution in [2.45, 2.75) is 23.8 Å². The third-order valence-electron chi connectivity index (χ3n) is 2.98. The molecule has 2 rings (SSSR count). The third-order valence-corrected chi connectivity index (χ3v) is 3.73. The van der Waals surface area contributed by atoms with Gasteiger partial charge >= 0.3 is 0 Å². The lowest BCUT2D eigenvalue weighted by Crippen LogP contribution is -2.45. The molecule has 1 atom stereocenters. The van der Waals surface area contributed by atoms with E-state index in [1.54, 1.807) is 11.8 Å². The van der Waals surface area contributed by atoms with E-state index in [0.29, 0.717) is 0 Å². The zero-order valence-electron chi connectivity index (χ0n) is 10.4. The third kappa shape index (κ3) is 4.19. The summed E-state index contributed by atoms with van der Waals surface area (Å²) in [4.78, 5) is 13.1. The van der Waals surface area contributed by atoms with Gasteiger partial charge in [0.2, 0.25) is 0 Å². The standard InChI is InChI=1S/C13H18N2OS.ClH/c1-17-12-6-4-10(5-7-12)13(16)15-11-3-2-8-14-9-11;/h4-7,11,14H,2-3,8-9H2,1H3,(H,15,16);1H. The number of thioether (sulfide) groups is 1. The van der Waals surface area contributed by atoms with E-state index in [9.17, 15) is 4.79 Å². The van der Waals surface area contributed by atoms with Gasteiger partial charge in [0.25, 0.3) is 5.91 Å². The first-order chi connectivity index (χ1) is 8.29. The lowest BCUT2D eigenvalue weighted by molar-refractivity contribution is 0.0930. The number of piperidine rings is 1. The van der Waals surface area contributed by atoms with Crippen molar-refractivity contribution in [2.75, 3.05) is 19.3 Å². The molecule has 1 aliphatic heterocycles. The molecule has 0 radical (unpaired) electrons. The Morgan fingerprint density at radius 3 is 2.67 bits per heavy atom. The van der Waals surface area contributed by atoms with Gasteiger partial charge in [0, 0.05) is 23.0 Å². The van der Waals surface area contributed by atoms with Gasteiger partial charge in [-0.15, -0.1) is 24.2 Å². The Morgan fingerprint density at radius 2 is 2.11 bits per heavy atom. The zero-order chi connectivity index (χ0) is 12.1. The summed E-state index contributed by atoms with van der Waals surface area (Å²) < 4.78 is 0. The first kappa shape index (κ1) is 15.3. The van der Waals surface area contributed by atoms with Crippen LogP contribution in [0.25, 0.3) is 0 Å². The van der Waals surface area contributed by atoms with Crippen LogP contribution >= 0.6 is 24.2 Å². The van der Waals surface area contributed by atoms with Crippen LogP contribution in [0.15, 0.2) is 29.2 Å². The molecule has 18 heavy (non-hydrogen) atoms. The lowest BCUT2D eigenvalue weighted by atomic mass is 10.1. The largest absolute Gasteiger partial charge is 0.348 e. The van der Waals surface area contributed by atoms with Crippen LogP contribution in [0.2, 0.25) is 0 Å². The molecule has 1 heterocycles. The second kappa shape index (κ2) is 7.67. The molecule has 1 unspecified atom stereocenters. The van der Waals surface area contributed by atoms with Crippen molar-refractivity contribution < 1.29 is 4.79 Å². The highest BCUT2D eigenvalue weighted by molar-refractivity contribution is 7.98. The summed E-state index contributed by atoms with van der Waals surface area (Å²) in [6.07, 6.45) is 4.24. The van der Waals surface area contributed by atoms with Crippen LogP contribution in [-0.4, -0.2) is 31.3 Å². The number of carbonyl (C=O) groups excluding carboxylic acids is 1. The Hall–Kier alpha value is -0.710. The van der Waals surface area contributed by atoms with Crippen molar-refractivity contribution >= 4 is 30.1 Å². The molecular weight excluding hydrogens is 268 g/mol. The second-order valence-corrected chi connectivity index (χ2v) is 5.12. The summed E-state index contributed by atoms with van der Waals surface area (Å²) in [5, 5.41) is 6.36. The van der Waals surface area contributed by atoms with E-state index in [2.05, 4.69) is 10.6 Å². The normalized spacial score (nSPS) is 18.8. The molecular formula is C13H19ClN2OS. The number of carbonyl (C=O) groups is 1. The minimum absolute atomic E-state index is 0. The fourth-order valence-corrected chi connectivity index (χ4v) is 2.39. The molecule has 1 saturated heterocycles. The number of amides is 1. The highest BCUT2D eigenvalue weighted by Gasteiger charge is 2.15. The Morgan fingerprint density at radius 1 is 1.39 bits per heavy atom. The van der Waals surface area contributed by atoms with E-state index < -0.39 is 0 Å². The summed E-state index contributed by atoms with van der Waals surface area (Å²) in [6.45, 7) is 1.95. The van der Waals surface area contributed by atoms with Crippen LogP contribution < -0.4 is 10.6 Å². The number of rotatable bonds is 3. The van der Waals surface area contributed by atoms with Gasteiger partial charge in [-0.25, -0.2) is 0 Å². The minimum atomic E-state index is 0. The smallest absolute Gasteiger partial charge is 0.251 e. The summed E-state index contributed by atoms with van der Waals surface area (Å²) in [6, 6.07) is 8.02. The van der Waals surface area contributed by atoms with Crippen LogP contribution in [0, 0.1) is 0 Å². The maximum Gasteiger partial charge on any atom is 0.251 e. The quantitative estimate of drug-likeness (QED) is 0.838. The fraction of sp³-hybridized carbons (Fsp3) is 0.462. The Kier molecular flexibility index (Phi) is 6.54. The number of benzene rings is 1. The van der Waals surface area contributed by atoms with Gasteiger partial charge in [-0.05, 0) is 49.9 Å². The van der Waals surface area contributed by atoms with E-state index in [0.717, 1.165) is 31.5 Å². The number of nitrogens with one attached hydrogen (secondary N) is 2. The van der Waals surface area contributed by atoms with Gasteiger partial charge in [0.1, 0.15) is 0 Å². The monoisotopic (exact) mass is 286 g/mol. The van der Waals surface area contributed by atoms with Crippen molar-refractivity contribution in [3.05, 3.63) is 29.8 Å². The van der Waals surface area contributed by atoms with E-state index >= 15 is 0 Å². The SMILES string of the molecule is CSc1ccc(C(=O)NC2CCCNC2)cc1.Cl. The molecule has 1 amide bonds. The van der Waals surface area contributed by atoms with Crippen molar-refractivity contribution in [1.82, 2.24) is 10.6 Å². The molecule has 0 aliphatic carbocycles. The number of hydrogen-bond donors (Lipinski definition) is 2. The van der Waals surface area contributed by atoms with Gasteiger partial charge in [0.05, 0.1) is 0 Å². The van der Waals surface area contributed by atoms with Crippen molar-refractivity contribution in [2.24, 2.45) is 0 Å². The highest BCUT2D eigenvalue weighted by atomic mass is 35.5.